The van der Waals surface area contributed by atoms with E-state index in [0.717, 1.165) is 37.1 Å². The number of alkyl halides is 3. The summed E-state index contributed by atoms with van der Waals surface area (Å²) in [5, 5.41) is 2.06. The molecule has 122 valence electrons. The summed E-state index contributed by atoms with van der Waals surface area (Å²) in [5.74, 6) is -1.84. The third-order valence-corrected chi connectivity index (χ3v) is 4.12. The second kappa shape index (κ2) is 6.64. The topological polar surface area (TPSA) is 55.1 Å². The highest BCUT2D eigenvalue weighted by molar-refractivity contribution is 5.79. The number of hydrogen-bond acceptors (Lipinski definition) is 2. The molecule has 22 heavy (non-hydrogen) atoms. The second-order valence-electron chi connectivity index (χ2n) is 5.57. The van der Waals surface area contributed by atoms with E-state index >= 15 is 0 Å². The molecule has 0 aliphatic heterocycles. The minimum atomic E-state index is -4.65. The van der Waals surface area contributed by atoms with Crippen LogP contribution in [0.2, 0.25) is 0 Å². The van der Waals surface area contributed by atoms with Crippen LogP contribution in [0.25, 0.3) is 0 Å². The maximum atomic E-state index is 13.2. The molecule has 3 atom stereocenters. The van der Waals surface area contributed by atoms with Gasteiger partial charge in [0.15, 0.2) is 6.04 Å². The van der Waals surface area contributed by atoms with Crippen LogP contribution in [0.5, 0.6) is 0 Å². The van der Waals surface area contributed by atoms with Crippen LogP contribution in [0.15, 0.2) is 24.3 Å². The van der Waals surface area contributed by atoms with Crippen molar-refractivity contribution in [1.29, 1.82) is 0 Å². The fraction of sp³-hybridized carbons (Fsp3) is 0.533. The number of benzene rings is 1. The average molecular weight is 318 g/mol. The Morgan fingerprint density at radius 1 is 1.27 bits per heavy atom. The van der Waals surface area contributed by atoms with Crippen molar-refractivity contribution in [2.24, 2.45) is 17.6 Å². The van der Waals surface area contributed by atoms with Gasteiger partial charge in [-0.25, -0.2) is 4.39 Å². The molecule has 7 heteroatoms. The molecule has 0 heterocycles. The first-order valence-corrected chi connectivity index (χ1v) is 7.15. The molecule has 1 aliphatic carbocycles. The van der Waals surface area contributed by atoms with E-state index in [1.807, 2.05) is 0 Å². The Hall–Kier alpha value is -1.63. The minimum Gasteiger partial charge on any atom is -0.341 e. The zero-order valence-electron chi connectivity index (χ0n) is 11.9. The fourth-order valence-electron chi connectivity index (χ4n) is 2.92. The average Bonchev–Trinajstić information content (AvgIpc) is 2.93. The molecule has 2 rings (SSSR count). The summed E-state index contributed by atoms with van der Waals surface area (Å²) >= 11 is 0. The monoisotopic (exact) mass is 318 g/mol. The van der Waals surface area contributed by atoms with Gasteiger partial charge in [-0.2, -0.15) is 13.2 Å². The Bertz CT molecular complexity index is 515. The van der Waals surface area contributed by atoms with Crippen molar-refractivity contribution < 1.29 is 22.4 Å². The molecule has 1 aromatic rings. The Balaban J connectivity index is 2.17. The van der Waals surface area contributed by atoms with Crippen LogP contribution in [0, 0.1) is 17.7 Å². The smallest absolute Gasteiger partial charge is 0.341 e. The van der Waals surface area contributed by atoms with Crippen LogP contribution in [0.4, 0.5) is 17.6 Å². The van der Waals surface area contributed by atoms with Crippen LogP contribution < -0.4 is 11.1 Å². The standard InChI is InChI=1S/C15H18F4N2O/c16-11-6-4-9(5-7-11)13(15(17,18)19)21-14(22)12-3-1-2-10(12)8-20/h4-7,10,12-13H,1-3,8,20H2,(H,21,22)/t10-,12-,13?/m1/s1. The highest BCUT2D eigenvalue weighted by Crippen LogP contribution is 2.35. The van der Waals surface area contributed by atoms with Crippen molar-refractivity contribution in [3.8, 4) is 0 Å². The lowest BCUT2D eigenvalue weighted by Gasteiger charge is -2.25. The molecule has 0 saturated heterocycles. The number of carbonyl (C=O) groups is 1. The molecule has 1 aromatic carbocycles. The van der Waals surface area contributed by atoms with Crippen LogP contribution in [0.3, 0.4) is 0 Å². The van der Waals surface area contributed by atoms with E-state index in [1.54, 1.807) is 0 Å². The number of carbonyl (C=O) groups excluding carboxylic acids is 1. The maximum Gasteiger partial charge on any atom is 0.412 e. The van der Waals surface area contributed by atoms with E-state index < -0.39 is 29.9 Å². The van der Waals surface area contributed by atoms with Gasteiger partial charge in [0.25, 0.3) is 0 Å². The lowest BCUT2D eigenvalue weighted by atomic mass is 9.94. The normalized spacial score (nSPS) is 23.3. The SMILES string of the molecule is NC[C@H]1CCC[C@H]1C(=O)NC(c1ccc(F)cc1)C(F)(F)F. The third-order valence-electron chi connectivity index (χ3n) is 4.12. The number of amides is 1. The second-order valence-corrected chi connectivity index (χ2v) is 5.57. The Morgan fingerprint density at radius 2 is 1.91 bits per heavy atom. The van der Waals surface area contributed by atoms with E-state index in [9.17, 15) is 22.4 Å². The molecule has 1 fully saturated rings. The van der Waals surface area contributed by atoms with Gasteiger partial charge in [-0.1, -0.05) is 18.6 Å². The van der Waals surface area contributed by atoms with E-state index in [1.165, 1.54) is 0 Å². The summed E-state index contributed by atoms with van der Waals surface area (Å²) in [7, 11) is 0. The zero-order chi connectivity index (χ0) is 16.3. The van der Waals surface area contributed by atoms with Crippen molar-refractivity contribution in [2.45, 2.75) is 31.5 Å². The van der Waals surface area contributed by atoms with Crippen LogP contribution in [-0.2, 0) is 4.79 Å². The number of nitrogens with one attached hydrogen (secondary N) is 1. The first kappa shape index (κ1) is 16.7. The van der Waals surface area contributed by atoms with Crippen molar-refractivity contribution >= 4 is 5.91 Å². The molecule has 1 aliphatic rings. The zero-order valence-corrected chi connectivity index (χ0v) is 11.9. The maximum absolute atomic E-state index is 13.2. The number of hydrogen-bond donors (Lipinski definition) is 2. The predicted molar refractivity (Wildman–Crippen MR) is 73.2 cm³/mol. The van der Waals surface area contributed by atoms with Crippen LogP contribution >= 0.6 is 0 Å². The predicted octanol–water partition coefficient (Wildman–Crippen LogP) is 2.92. The van der Waals surface area contributed by atoms with Gasteiger partial charge >= 0.3 is 6.18 Å². The van der Waals surface area contributed by atoms with E-state index in [-0.39, 0.29) is 18.0 Å². The van der Waals surface area contributed by atoms with Gasteiger partial charge in [-0.05, 0) is 43.0 Å². The van der Waals surface area contributed by atoms with E-state index in [0.29, 0.717) is 6.42 Å². The van der Waals surface area contributed by atoms with E-state index in [2.05, 4.69) is 5.32 Å². The summed E-state index contributed by atoms with van der Waals surface area (Å²) in [5.41, 5.74) is 5.37. The van der Waals surface area contributed by atoms with Gasteiger partial charge in [0.2, 0.25) is 5.91 Å². The molecule has 0 radical (unpaired) electrons. The molecule has 0 bridgehead atoms. The lowest BCUT2D eigenvalue weighted by molar-refractivity contribution is -0.165. The Kier molecular flexibility index (Phi) is 5.05. The Morgan fingerprint density at radius 3 is 2.45 bits per heavy atom. The van der Waals surface area contributed by atoms with Crippen LogP contribution in [0.1, 0.15) is 30.9 Å². The number of halogens is 4. The summed E-state index contributed by atoms with van der Waals surface area (Å²) in [6.45, 7) is 0.283. The quantitative estimate of drug-likeness (QED) is 0.839. The summed E-state index contributed by atoms with van der Waals surface area (Å²) in [6.07, 6.45) is -2.57. The largest absolute Gasteiger partial charge is 0.412 e. The van der Waals surface area contributed by atoms with Gasteiger partial charge in [0, 0.05) is 5.92 Å². The van der Waals surface area contributed by atoms with E-state index in [4.69, 9.17) is 5.73 Å². The van der Waals surface area contributed by atoms with Crippen molar-refractivity contribution in [3.63, 3.8) is 0 Å². The van der Waals surface area contributed by atoms with Crippen molar-refractivity contribution in [3.05, 3.63) is 35.6 Å². The van der Waals surface area contributed by atoms with Gasteiger partial charge in [0.05, 0.1) is 0 Å². The molecule has 0 spiro atoms. The van der Waals surface area contributed by atoms with Gasteiger partial charge in [-0.3, -0.25) is 4.79 Å². The molecular weight excluding hydrogens is 300 g/mol. The Labute approximate surface area is 125 Å². The molecule has 1 amide bonds. The summed E-state index contributed by atoms with van der Waals surface area (Å²) in [6, 6.07) is 1.81. The summed E-state index contributed by atoms with van der Waals surface area (Å²) in [4.78, 5) is 12.2. The number of rotatable bonds is 4. The molecule has 3 nitrogen and oxygen atoms in total. The highest BCUT2D eigenvalue weighted by atomic mass is 19.4. The molecule has 0 aromatic heterocycles. The van der Waals surface area contributed by atoms with Gasteiger partial charge in [0.1, 0.15) is 5.82 Å². The van der Waals surface area contributed by atoms with Gasteiger partial charge in [-0.15, -0.1) is 0 Å². The first-order valence-electron chi connectivity index (χ1n) is 7.15. The molecule has 3 N–H and O–H groups in total. The van der Waals surface area contributed by atoms with Crippen molar-refractivity contribution in [2.75, 3.05) is 6.54 Å². The highest BCUT2D eigenvalue weighted by Gasteiger charge is 2.43. The summed E-state index contributed by atoms with van der Waals surface area (Å²) < 4.78 is 52.5. The third kappa shape index (κ3) is 3.76. The lowest BCUT2D eigenvalue weighted by Crippen LogP contribution is -2.42. The minimum absolute atomic E-state index is 0.0814. The fourth-order valence-corrected chi connectivity index (χ4v) is 2.92. The van der Waals surface area contributed by atoms with Gasteiger partial charge < -0.3 is 11.1 Å². The molecule has 1 saturated carbocycles. The molecular formula is C15H18F4N2O. The number of nitrogens with two attached hydrogens (primary N) is 1. The molecule has 1 unspecified atom stereocenters. The first-order chi connectivity index (χ1) is 10.3. The van der Waals surface area contributed by atoms with Crippen molar-refractivity contribution in [1.82, 2.24) is 5.32 Å². The van der Waals surface area contributed by atoms with Crippen LogP contribution in [-0.4, -0.2) is 18.6 Å².